The van der Waals surface area contributed by atoms with Crippen molar-refractivity contribution in [3.63, 3.8) is 0 Å². The van der Waals surface area contributed by atoms with E-state index in [9.17, 15) is 4.79 Å². The maximum Gasteiger partial charge on any atom is 0.408 e. The van der Waals surface area contributed by atoms with Crippen molar-refractivity contribution in [3.8, 4) is 6.07 Å². The Morgan fingerprint density at radius 1 is 1.33 bits per heavy atom. The van der Waals surface area contributed by atoms with Crippen molar-refractivity contribution < 1.29 is 9.53 Å². The summed E-state index contributed by atoms with van der Waals surface area (Å²) >= 11 is 0. The minimum Gasteiger partial charge on any atom is -0.445 e. The molecule has 1 N–H and O–H groups in total. The molecule has 0 aliphatic rings. The van der Waals surface area contributed by atoms with E-state index in [1.54, 1.807) is 0 Å². The molecule has 4 nitrogen and oxygen atoms in total. The predicted molar refractivity (Wildman–Crippen MR) is 68.7 cm³/mol. The summed E-state index contributed by atoms with van der Waals surface area (Å²) < 4.78 is 5.09. The van der Waals surface area contributed by atoms with Crippen molar-refractivity contribution >= 4 is 6.09 Å². The lowest BCUT2D eigenvalue weighted by Gasteiger charge is -2.24. The minimum absolute atomic E-state index is 0.210. The third kappa shape index (κ3) is 3.77. The zero-order valence-electron chi connectivity index (χ0n) is 10.8. The Kier molecular flexibility index (Phi) is 5.19. The molecule has 0 bridgehead atoms. The zero-order valence-corrected chi connectivity index (χ0v) is 10.8. The molecule has 0 unspecified atom stereocenters. The molecule has 1 rings (SSSR count). The Balaban J connectivity index is 2.50. The maximum atomic E-state index is 11.6. The molecule has 0 aliphatic carbocycles. The van der Waals surface area contributed by atoms with Crippen LogP contribution in [-0.2, 0) is 11.3 Å². The first-order valence-corrected chi connectivity index (χ1v) is 6.06. The van der Waals surface area contributed by atoms with Gasteiger partial charge in [-0.2, -0.15) is 5.26 Å². The number of nitrogens with one attached hydrogen (secondary N) is 1. The normalized spacial score (nSPS) is 10.5. The van der Waals surface area contributed by atoms with Gasteiger partial charge in [-0.3, -0.25) is 0 Å². The van der Waals surface area contributed by atoms with Gasteiger partial charge in [-0.15, -0.1) is 0 Å². The summed E-state index contributed by atoms with van der Waals surface area (Å²) in [4.78, 5) is 11.6. The van der Waals surface area contributed by atoms with E-state index < -0.39 is 11.6 Å². The predicted octanol–water partition coefficient (Wildman–Crippen LogP) is 3.00. The Morgan fingerprint density at radius 2 is 1.94 bits per heavy atom. The number of carbonyl (C=O) groups excluding carboxylic acids is 1. The largest absolute Gasteiger partial charge is 0.445 e. The lowest BCUT2D eigenvalue weighted by molar-refractivity contribution is 0.130. The molecular formula is C14H18N2O2. The number of alkyl carbamates (subject to hydrolysis) is 1. The van der Waals surface area contributed by atoms with Gasteiger partial charge in [0.05, 0.1) is 6.07 Å². The van der Waals surface area contributed by atoms with Crippen LogP contribution < -0.4 is 5.32 Å². The van der Waals surface area contributed by atoms with Gasteiger partial charge < -0.3 is 10.1 Å². The standard InChI is InChI=1S/C14H18N2O2/c1-3-14(4-2,11-15)16-13(17)18-10-12-8-6-5-7-9-12/h5-9H,3-4,10H2,1-2H3,(H,16,17). The highest BCUT2D eigenvalue weighted by atomic mass is 16.5. The number of hydrogen-bond donors (Lipinski definition) is 1. The second-order valence-corrected chi connectivity index (χ2v) is 4.09. The highest BCUT2D eigenvalue weighted by Crippen LogP contribution is 2.14. The third-order valence-electron chi connectivity index (χ3n) is 2.98. The fraction of sp³-hybridized carbons (Fsp3) is 0.429. The summed E-state index contributed by atoms with van der Waals surface area (Å²) in [5.41, 5.74) is 0.0940. The van der Waals surface area contributed by atoms with Crippen LogP contribution in [0.4, 0.5) is 4.79 Å². The van der Waals surface area contributed by atoms with Crippen LogP contribution in [0.15, 0.2) is 30.3 Å². The smallest absolute Gasteiger partial charge is 0.408 e. The average Bonchev–Trinajstić information content (AvgIpc) is 2.44. The molecule has 0 radical (unpaired) electrons. The molecule has 96 valence electrons. The molecule has 18 heavy (non-hydrogen) atoms. The van der Waals surface area contributed by atoms with E-state index in [1.165, 1.54) is 0 Å². The van der Waals surface area contributed by atoms with E-state index >= 15 is 0 Å². The van der Waals surface area contributed by atoms with Gasteiger partial charge in [-0.05, 0) is 18.4 Å². The summed E-state index contributed by atoms with van der Waals surface area (Å²) in [6.45, 7) is 3.94. The zero-order chi connectivity index (χ0) is 13.4. The summed E-state index contributed by atoms with van der Waals surface area (Å²) in [5.74, 6) is 0. The Hall–Kier alpha value is -2.02. The Bertz CT molecular complexity index is 419. The van der Waals surface area contributed by atoms with Crippen LogP contribution in [0.2, 0.25) is 0 Å². The molecule has 0 saturated carbocycles. The van der Waals surface area contributed by atoms with Crippen LogP contribution in [0.5, 0.6) is 0 Å². The first kappa shape index (κ1) is 14.0. The fourth-order valence-corrected chi connectivity index (χ4v) is 1.57. The molecular weight excluding hydrogens is 228 g/mol. The van der Waals surface area contributed by atoms with Gasteiger partial charge in [-0.25, -0.2) is 4.79 Å². The summed E-state index contributed by atoms with van der Waals surface area (Å²) in [7, 11) is 0. The molecule has 0 fully saturated rings. The molecule has 0 aromatic heterocycles. The average molecular weight is 246 g/mol. The van der Waals surface area contributed by atoms with E-state index in [4.69, 9.17) is 10.00 Å². The minimum atomic E-state index is -0.826. The SMILES string of the molecule is CCC(C#N)(CC)NC(=O)OCc1ccccc1. The lowest BCUT2D eigenvalue weighted by atomic mass is 9.95. The highest BCUT2D eigenvalue weighted by molar-refractivity contribution is 5.69. The van der Waals surface area contributed by atoms with Crippen LogP contribution in [0, 0.1) is 11.3 Å². The molecule has 0 saturated heterocycles. The molecule has 0 heterocycles. The molecule has 0 atom stereocenters. The number of ether oxygens (including phenoxy) is 1. The number of rotatable bonds is 5. The lowest BCUT2D eigenvalue weighted by Crippen LogP contribution is -2.46. The molecule has 1 amide bonds. The molecule has 4 heteroatoms. The van der Waals surface area contributed by atoms with Crippen molar-refractivity contribution in [3.05, 3.63) is 35.9 Å². The molecule has 0 aliphatic heterocycles. The summed E-state index contributed by atoms with van der Waals surface area (Å²) in [5, 5.41) is 11.7. The topological polar surface area (TPSA) is 62.1 Å². The van der Waals surface area contributed by atoms with Crippen LogP contribution in [0.3, 0.4) is 0 Å². The van der Waals surface area contributed by atoms with Crippen molar-refractivity contribution in [1.82, 2.24) is 5.32 Å². The number of hydrogen-bond acceptors (Lipinski definition) is 3. The molecule has 1 aromatic rings. The van der Waals surface area contributed by atoms with Gasteiger partial charge >= 0.3 is 6.09 Å². The highest BCUT2D eigenvalue weighted by Gasteiger charge is 2.28. The van der Waals surface area contributed by atoms with Crippen LogP contribution in [0.25, 0.3) is 0 Å². The van der Waals surface area contributed by atoms with Crippen LogP contribution in [-0.4, -0.2) is 11.6 Å². The Morgan fingerprint density at radius 3 is 2.44 bits per heavy atom. The van der Waals surface area contributed by atoms with Crippen molar-refractivity contribution in [2.75, 3.05) is 0 Å². The van der Waals surface area contributed by atoms with Gasteiger partial charge in [0.15, 0.2) is 0 Å². The second kappa shape index (κ2) is 6.65. The molecule has 1 aromatic carbocycles. The second-order valence-electron chi connectivity index (χ2n) is 4.09. The number of carbonyl (C=O) groups is 1. The van der Waals surface area contributed by atoms with Gasteiger partial charge in [0.2, 0.25) is 0 Å². The van der Waals surface area contributed by atoms with Gasteiger partial charge in [0.1, 0.15) is 12.1 Å². The first-order chi connectivity index (χ1) is 8.65. The Labute approximate surface area is 108 Å². The third-order valence-corrected chi connectivity index (χ3v) is 2.98. The summed E-state index contributed by atoms with van der Waals surface area (Å²) in [6, 6.07) is 11.6. The van der Waals surface area contributed by atoms with Gasteiger partial charge in [-0.1, -0.05) is 44.2 Å². The fourth-order valence-electron chi connectivity index (χ4n) is 1.57. The van der Waals surface area contributed by atoms with Crippen molar-refractivity contribution in [2.24, 2.45) is 0 Å². The molecule has 0 spiro atoms. The number of benzene rings is 1. The van der Waals surface area contributed by atoms with E-state index in [-0.39, 0.29) is 6.61 Å². The monoisotopic (exact) mass is 246 g/mol. The number of nitriles is 1. The quantitative estimate of drug-likeness (QED) is 0.868. The van der Waals surface area contributed by atoms with E-state index in [0.29, 0.717) is 12.8 Å². The summed E-state index contributed by atoms with van der Waals surface area (Å²) in [6.07, 6.45) is 0.560. The van der Waals surface area contributed by atoms with E-state index in [2.05, 4.69) is 11.4 Å². The van der Waals surface area contributed by atoms with Crippen molar-refractivity contribution in [1.29, 1.82) is 5.26 Å². The number of amides is 1. The van der Waals surface area contributed by atoms with Crippen molar-refractivity contribution in [2.45, 2.75) is 38.8 Å². The van der Waals surface area contributed by atoms with Gasteiger partial charge in [0, 0.05) is 0 Å². The van der Waals surface area contributed by atoms with E-state index in [0.717, 1.165) is 5.56 Å². The van der Waals surface area contributed by atoms with Crippen LogP contribution in [0.1, 0.15) is 32.3 Å². The first-order valence-electron chi connectivity index (χ1n) is 6.06. The van der Waals surface area contributed by atoms with Gasteiger partial charge in [0.25, 0.3) is 0 Å². The maximum absolute atomic E-state index is 11.6. The number of nitrogens with zero attached hydrogens (tertiary/aromatic N) is 1. The van der Waals surface area contributed by atoms with E-state index in [1.807, 2.05) is 44.2 Å². The van der Waals surface area contributed by atoms with Crippen LogP contribution >= 0.6 is 0 Å².